The van der Waals surface area contributed by atoms with Crippen molar-refractivity contribution in [1.29, 1.82) is 0 Å². The molecule has 0 aromatic heterocycles. The van der Waals surface area contributed by atoms with Gasteiger partial charge >= 0.3 is 0 Å². The van der Waals surface area contributed by atoms with Crippen LogP contribution in [0.5, 0.6) is 0 Å². The van der Waals surface area contributed by atoms with Gasteiger partial charge in [-0.1, -0.05) is 25.2 Å². The van der Waals surface area contributed by atoms with Gasteiger partial charge in [-0.15, -0.1) is 0 Å². The molecule has 1 nitrogen and oxygen atoms in total. The lowest BCUT2D eigenvalue weighted by Crippen LogP contribution is -2.14. The zero-order valence-corrected chi connectivity index (χ0v) is 9.28. The molecule has 2 N–H and O–H groups in total. The summed E-state index contributed by atoms with van der Waals surface area (Å²) in [6.45, 7) is 1.97. The minimum atomic E-state index is -0.819. The summed E-state index contributed by atoms with van der Waals surface area (Å²) < 4.78 is 25.5. The molecule has 0 bridgehead atoms. The van der Waals surface area contributed by atoms with Gasteiger partial charge in [-0.3, -0.25) is 0 Å². The number of halogens is 2. The molecule has 4 heteroatoms. The Morgan fingerprint density at radius 2 is 2.07 bits per heavy atom. The van der Waals surface area contributed by atoms with E-state index in [2.05, 4.69) is 0 Å². The van der Waals surface area contributed by atoms with Gasteiger partial charge in [-0.2, -0.15) is 0 Å². The van der Waals surface area contributed by atoms with Crippen LogP contribution < -0.4 is 5.73 Å². The molecule has 1 unspecified atom stereocenters. The second kappa shape index (κ2) is 5.16. The van der Waals surface area contributed by atoms with Crippen molar-refractivity contribution in [2.24, 2.45) is 11.7 Å². The average Bonchev–Trinajstić information content (AvgIpc) is 2.10. The minimum Gasteiger partial charge on any atom is -0.393 e. The number of nitrogens with two attached hydrogens (primary N) is 1. The summed E-state index contributed by atoms with van der Waals surface area (Å²) in [4.78, 5) is 0.449. The smallest absolute Gasteiger partial charge is 0.159 e. The molecule has 0 fully saturated rings. The third-order valence-electron chi connectivity index (χ3n) is 2.12. The largest absolute Gasteiger partial charge is 0.393 e. The number of thiocarbonyl (C=S) groups is 1. The van der Waals surface area contributed by atoms with E-state index in [-0.39, 0.29) is 5.92 Å². The van der Waals surface area contributed by atoms with Crippen LogP contribution in [-0.4, -0.2) is 4.99 Å². The molecule has 1 atom stereocenters. The molecule has 0 saturated heterocycles. The van der Waals surface area contributed by atoms with Crippen LogP contribution in [0.1, 0.15) is 18.9 Å². The molecule has 1 aromatic carbocycles. The first-order chi connectivity index (χ1) is 6.99. The quantitative estimate of drug-likeness (QED) is 0.803. The Morgan fingerprint density at radius 3 is 2.60 bits per heavy atom. The Hall–Kier alpha value is -1.03. The first-order valence-corrected chi connectivity index (χ1v) is 5.12. The van der Waals surface area contributed by atoms with Crippen molar-refractivity contribution in [3.63, 3.8) is 0 Å². The summed E-state index contributed by atoms with van der Waals surface area (Å²) in [6, 6.07) is 3.93. The zero-order chi connectivity index (χ0) is 11.4. The molecule has 0 aliphatic heterocycles. The van der Waals surface area contributed by atoms with Gasteiger partial charge < -0.3 is 5.73 Å². The molecule has 0 radical (unpaired) electrons. The van der Waals surface area contributed by atoms with Crippen LogP contribution >= 0.6 is 12.2 Å². The highest BCUT2D eigenvalue weighted by molar-refractivity contribution is 7.80. The highest BCUT2D eigenvalue weighted by Crippen LogP contribution is 2.14. The first kappa shape index (κ1) is 12.0. The number of hydrogen-bond acceptors (Lipinski definition) is 1. The third kappa shape index (κ3) is 3.91. The van der Waals surface area contributed by atoms with E-state index in [1.165, 1.54) is 6.07 Å². The number of benzene rings is 1. The van der Waals surface area contributed by atoms with Crippen LogP contribution in [0.4, 0.5) is 8.78 Å². The molecular formula is C11H13F2NS. The lowest BCUT2D eigenvalue weighted by Gasteiger charge is -2.10. The van der Waals surface area contributed by atoms with Gasteiger partial charge in [-0.05, 0) is 30.0 Å². The molecule has 0 aliphatic rings. The Labute approximate surface area is 93.3 Å². The van der Waals surface area contributed by atoms with Crippen LogP contribution in [-0.2, 0) is 6.42 Å². The Balaban J connectivity index is 2.64. The second-order valence-corrected chi connectivity index (χ2v) is 4.25. The van der Waals surface area contributed by atoms with Gasteiger partial charge in [0, 0.05) is 6.42 Å². The van der Waals surface area contributed by atoms with Crippen molar-refractivity contribution in [3.05, 3.63) is 35.4 Å². The van der Waals surface area contributed by atoms with Crippen LogP contribution in [0.15, 0.2) is 18.2 Å². The predicted molar refractivity (Wildman–Crippen MR) is 60.6 cm³/mol. The molecular weight excluding hydrogens is 216 g/mol. The van der Waals surface area contributed by atoms with Crippen molar-refractivity contribution in [3.8, 4) is 0 Å². The topological polar surface area (TPSA) is 26.0 Å². The average molecular weight is 229 g/mol. The van der Waals surface area contributed by atoms with E-state index in [0.717, 1.165) is 11.6 Å². The van der Waals surface area contributed by atoms with Gasteiger partial charge in [0.05, 0.1) is 4.99 Å². The first-order valence-electron chi connectivity index (χ1n) is 4.71. The summed E-state index contributed by atoms with van der Waals surface area (Å²) in [5, 5.41) is 0. The lowest BCUT2D eigenvalue weighted by molar-refractivity contribution is 0.504. The van der Waals surface area contributed by atoms with Crippen molar-refractivity contribution < 1.29 is 8.78 Å². The van der Waals surface area contributed by atoms with Gasteiger partial charge in [0.1, 0.15) is 0 Å². The fraction of sp³-hybridized carbons (Fsp3) is 0.364. The molecule has 0 aliphatic carbocycles. The van der Waals surface area contributed by atoms with E-state index in [1.54, 1.807) is 6.07 Å². The summed E-state index contributed by atoms with van der Waals surface area (Å²) >= 11 is 4.78. The minimum absolute atomic E-state index is 0.243. The van der Waals surface area contributed by atoms with Crippen LogP contribution in [0.25, 0.3) is 0 Å². The van der Waals surface area contributed by atoms with Crippen LogP contribution in [0.2, 0.25) is 0 Å². The van der Waals surface area contributed by atoms with Gasteiger partial charge in [-0.25, -0.2) is 8.78 Å². The second-order valence-electron chi connectivity index (χ2n) is 3.73. The van der Waals surface area contributed by atoms with Crippen molar-refractivity contribution in [2.75, 3.05) is 0 Å². The van der Waals surface area contributed by atoms with E-state index < -0.39 is 11.6 Å². The maximum atomic E-state index is 12.9. The van der Waals surface area contributed by atoms with Crippen LogP contribution in [0.3, 0.4) is 0 Å². The van der Waals surface area contributed by atoms with E-state index >= 15 is 0 Å². The van der Waals surface area contributed by atoms with E-state index in [4.69, 9.17) is 18.0 Å². The molecule has 0 saturated carbocycles. The summed E-state index contributed by atoms with van der Waals surface area (Å²) in [5.41, 5.74) is 6.16. The lowest BCUT2D eigenvalue weighted by atomic mass is 9.98. The van der Waals surface area contributed by atoms with Gasteiger partial charge in [0.2, 0.25) is 0 Å². The standard InChI is InChI=1S/C11H13F2NS/c1-7(5-11(14)15)4-8-2-3-9(12)10(13)6-8/h2-3,6-7H,4-5H2,1H3,(H2,14,15). The third-order valence-corrected chi connectivity index (χ3v) is 2.28. The summed E-state index contributed by atoms with van der Waals surface area (Å²) in [7, 11) is 0. The fourth-order valence-corrected chi connectivity index (χ4v) is 1.77. The molecule has 1 aromatic rings. The van der Waals surface area contributed by atoms with E-state index in [0.29, 0.717) is 17.8 Å². The molecule has 15 heavy (non-hydrogen) atoms. The summed E-state index contributed by atoms with van der Waals surface area (Å²) in [6.07, 6.45) is 1.27. The highest BCUT2D eigenvalue weighted by atomic mass is 32.1. The Bertz CT molecular complexity index is 366. The van der Waals surface area contributed by atoms with Gasteiger partial charge in [0.25, 0.3) is 0 Å². The van der Waals surface area contributed by atoms with E-state index in [9.17, 15) is 8.78 Å². The maximum absolute atomic E-state index is 12.9. The predicted octanol–water partition coefficient (Wildman–Crippen LogP) is 2.82. The molecule has 82 valence electrons. The van der Waals surface area contributed by atoms with Crippen LogP contribution in [0, 0.1) is 17.6 Å². The summed E-state index contributed by atoms with van der Waals surface area (Å²) in [5.74, 6) is -1.39. The normalized spacial score (nSPS) is 12.5. The number of rotatable bonds is 4. The molecule has 0 spiro atoms. The monoisotopic (exact) mass is 229 g/mol. The van der Waals surface area contributed by atoms with Gasteiger partial charge in [0.15, 0.2) is 11.6 Å². The van der Waals surface area contributed by atoms with Crippen molar-refractivity contribution >= 4 is 17.2 Å². The molecule has 0 amide bonds. The SMILES string of the molecule is CC(CC(N)=S)Cc1ccc(F)c(F)c1. The highest BCUT2D eigenvalue weighted by Gasteiger charge is 2.07. The fourth-order valence-electron chi connectivity index (χ4n) is 1.48. The Kier molecular flexibility index (Phi) is 4.15. The van der Waals surface area contributed by atoms with E-state index in [1.807, 2.05) is 6.92 Å². The Morgan fingerprint density at radius 1 is 1.40 bits per heavy atom. The van der Waals surface area contributed by atoms with Crippen molar-refractivity contribution in [2.45, 2.75) is 19.8 Å². The van der Waals surface area contributed by atoms with Crippen molar-refractivity contribution in [1.82, 2.24) is 0 Å². The molecule has 1 rings (SSSR count). The number of hydrogen-bond donors (Lipinski definition) is 1. The molecule has 0 heterocycles. The zero-order valence-electron chi connectivity index (χ0n) is 8.47. The maximum Gasteiger partial charge on any atom is 0.159 e.